The van der Waals surface area contributed by atoms with Crippen LogP contribution in [0.15, 0.2) is 42.7 Å². The molecule has 2 rings (SSSR count). The van der Waals surface area contributed by atoms with Crippen LogP contribution in [0.3, 0.4) is 0 Å². The Morgan fingerprint density at radius 3 is 1.85 bits per heavy atom. The van der Waals surface area contributed by atoms with Crippen LogP contribution >= 0.6 is 0 Å². The van der Waals surface area contributed by atoms with Gasteiger partial charge in [0.1, 0.15) is 5.82 Å². The highest BCUT2D eigenvalue weighted by Crippen LogP contribution is 1.91. The predicted octanol–water partition coefficient (Wildman–Crippen LogP) is 1.64. The maximum atomic E-state index is 11.9. The second-order valence-electron chi connectivity index (χ2n) is 2.31. The number of hydrogen-bond acceptors (Lipinski definition) is 2. The zero-order chi connectivity index (χ0) is 9.52. The molecular formula is C9H10FN3. The average molecular weight is 179 g/mol. The number of hydrogen-bond donors (Lipinski definition) is 0. The molecule has 4 heteroatoms. The van der Waals surface area contributed by atoms with Gasteiger partial charge in [0.05, 0.1) is 12.4 Å². The SMILES string of the molecule is Cn1nccn1.Fc1ccccc1. The number of nitrogens with zero attached hydrogens (tertiary/aromatic N) is 3. The van der Waals surface area contributed by atoms with Crippen LogP contribution in [-0.4, -0.2) is 15.0 Å². The maximum Gasteiger partial charge on any atom is 0.123 e. The van der Waals surface area contributed by atoms with Gasteiger partial charge in [-0.05, 0) is 12.1 Å². The first-order valence-corrected chi connectivity index (χ1v) is 3.80. The molecule has 0 aliphatic heterocycles. The van der Waals surface area contributed by atoms with Gasteiger partial charge in [-0.2, -0.15) is 15.0 Å². The van der Waals surface area contributed by atoms with E-state index in [0.29, 0.717) is 0 Å². The lowest BCUT2D eigenvalue weighted by molar-refractivity contribution is 0.628. The van der Waals surface area contributed by atoms with Crippen molar-refractivity contribution in [2.75, 3.05) is 0 Å². The molecule has 1 aromatic heterocycles. The van der Waals surface area contributed by atoms with E-state index in [0.717, 1.165) is 0 Å². The smallest absolute Gasteiger partial charge is 0.123 e. The van der Waals surface area contributed by atoms with Crippen LogP contribution < -0.4 is 0 Å². The van der Waals surface area contributed by atoms with E-state index in [1.54, 1.807) is 37.6 Å². The summed E-state index contributed by atoms with van der Waals surface area (Å²) in [7, 11) is 1.78. The number of aryl methyl sites for hydroxylation is 1. The normalized spacial score (nSPS) is 8.77. The van der Waals surface area contributed by atoms with Crippen LogP contribution in [0.2, 0.25) is 0 Å². The molecule has 0 spiro atoms. The lowest BCUT2D eigenvalue weighted by Crippen LogP contribution is -1.89. The van der Waals surface area contributed by atoms with Crippen molar-refractivity contribution in [3.8, 4) is 0 Å². The molecule has 3 nitrogen and oxygen atoms in total. The minimum atomic E-state index is -0.178. The van der Waals surface area contributed by atoms with Gasteiger partial charge in [-0.15, -0.1) is 0 Å². The number of rotatable bonds is 0. The number of aromatic nitrogens is 3. The third-order valence-corrected chi connectivity index (χ3v) is 1.27. The maximum absolute atomic E-state index is 11.9. The van der Waals surface area contributed by atoms with E-state index < -0.39 is 0 Å². The summed E-state index contributed by atoms with van der Waals surface area (Å²) in [5.74, 6) is -0.178. The summed E-state index contributed by atoms with van der Waals surface area (Å²) < 4.78 is 11.9. The minimum absolute atomic E-state index is 0.178. The second-order valence-corrected chi connectivity index (χ2v) is 2.31. The monoisotopic (exact) mass is 179 g/mol. The molecule has 0 unspecified atom stereocenters. The van der Waals surface area contributed by atoms with Crippen molar-refractivity contribution in [2.24, 2.45) is 7.05 Å². The van der Waals surface area contributed by atoms with E-state index in [4.69, 9.17) is 0 Å². The molecule has 0 N–H and O–H groups in total. The first-order valence-electron chi connectivity index (χ1n) is 3.80. The van der Waals surface area contributed by atoms with Gasteiger partial charge in [0.2, 0.25) is 0 Å². The molecule has 0 aliphatic carbocycles. The van der Waals surface area contributed by atoms with Crippen LogP contribution in [0.1, 0.15) is 0 Å². The van der Waals surface area contributed by atoms with Crippen molar-refractivity contribution in [3.05, 3.63) is 48.5 Å². The third-order valence-electron chi connectivity index (χ3n) is 1.27. The van der Waals surface area contributed by atoms with E-state index in [2.05, 4.69) is 10.2 Å². The summed E-state index contributed by atoms with van der Waals surface area (Å²) in [6.07, 6.45) is 3.28. The molecule has 0 radical (unpaired) electrons. The van der Waals surface area contributed by atoms with Crippen molar-refractivity contribution in [1.82, 2.24) is 15.0 Å². The van der Waals surface area contributed by atoms with E-state index in [-0.39, 0.29) is 5.82 Å². The highest BCUT2D eigenvalue weighted by atomic mass is 19.1. The van der Waals surface area contributed by atoms with Crippen molar-refractivity contribution in [1.29, 1.82) is 0 Å². The van der Waals surface area contributed by atoms with Crippen LogP contribution in [0, 0.1) is 5.82 Å². The Morgan fingerprint density at radius 2 is 1.62 bits per heavy atom. The molecule has 68 valence electrons. The fourth-order valence-electron chi connectivity index (χ4n) is 0.697. The molecule has 0 bridgehead atoms. The molecule has 0 atom stereocenters. The molecule has 0 amide bonds. The molecule has 0 saturated heterocycles. The van der Waals surface area contributed by atoms with Crippen LogP contribution in [0.4, 0.5) is 4.39 Å². The zero-order valence-electron chi connectivity index (χ0n) is 7.26. The van der Waals surface area contributed by atoms with E-state index in [1.165, 1.54) is 16.9 Å². The topological polar surface area (TPSA) is 30.7 Å². The summed E-state index contributed by atoms with van der Waals surface area (Å²) in [5, 5.41) is 7.44. The van der Waals surface area contributed by atoms with Gasteiger partial charge in [0.25, 0.3) is 0 Å². The lowest BCUT2D eigenvalue weighted by Gasteiger charge is -1.78. The molecule has 0 saturated carbocycles. The Labute approximate surface area is 75.8 Å². The quantitative estimate of drug-likeness (QED) is 0.615. The molecule has 2 aromatic rings. The second kappa shape index (κ2) is 5.03. The lowest BCUT2D eigenvalue weighted by atomic mass is 10.4. The standard InChI is InChI=1S/C6H5F.C3H5N3/c7-6-4-2-1-3-5-6;1-6-4-2-3-5-6/h1-5H;2-3H,1H3. The van der Waals surface area contributed by atoms with Gasteiger partial charge in [0.15, 0.2) is 0 Å². The molecular weight excluding hydrogens is 169 g/mol. The fourth-order valence-corrected chi connectivity index (χ4v) is 0.697. The first-order chi connectivity index (χ1) is 6.29. The Kier molecular flexibility index (Phi) is 3.63. The van der Waals surface area contributed by atoms with Gasteiger partial charge in [-0.3, -0.25) is 0 Å². The van der Waals surface area contributed by atoms with E-state index >= 15 is 0 Å². The molecule has 13 heavy (non-hydrogen) atoms. The van der Waals surface area contributed by atoms with Crippen LogP contribution in [0.5, 0.6) is 0 Å². The molecule has 1 heterocycles. The van der Waals surface area contributed by atoms with Gasteiger partial charge in [-0.25, -0.2) is 4.39 Å². The van der Waals surface area contributed by atoms with Gasteiger partial charge < -0.3 is 0 Å². The number of benzene rings is 1. The zero-order valence-corrected chi connectivity index (χ0v) is 7.26. The van der Waals surface area contributed by atoms with Crippen molar-refractivity contribution in [3.63, 3.8) is 0 Å². The Hall–Kier alpha value is -1.71. The minimum Gasteiger partial charge on any atom is -0.207 e. The van der Waals surface area contributed by atoms with Gasteiger partial charge in [-0.1, -0.05) is 18.2 Å². The highest BCUT2D eigenvalue weighted by molar-refractivity contribution is 5.02. The summed E-state index contributed by atoms with van der Waals surface area (Å²) in [5.41, 5.74) is 0. The van der Waals surface area contributed by atoms with E-state index in [1.807, 2.05) is 0 Å². The van der Waals surface area contributed by atoms with Crippen LogP contribution in [0.25, 0.3) is 0 Å². The average Bonchev–Trinajstić information content (AvgIpc) is 2.58. The number of halogens is 1. The fraction of sp³-hybridized carbons (Fsp3) is 0.111. The first kappa shape index (κ1) is 9.38. The van der Waals surface area contributed by atoms with Crippen molar-refractivity contribution >= 4 is 0 Å². The van der Waals surface area contributed by atoms with Gasteiger partial charge in [0, 0.05) is 7.05 Å². The molecule has 0 fully saturated rings. The predicted molar refractivity (Wildman–Crippen MR) is 47.4 cm³/mol. The summed E-state index contributed by atoms with van der Waals surface area (Å²) in [6.45, 7) is 0. The van der Waals surface area contributed by atoms with Crippen molar-refractivity contribution in [2.45, 2.75) is 0 Å². The third kappa shape index (κ3) is 4.00. The van der Waals surface area contributed by atoms with Crippen LogP contribution in [-0.2, 0) is 7.05 Å². The van der Waals surface area contributed by atoms with Gasteiger partial charge >= 0.3 is 0 Å². The molecule has 0 aliphatic rings. The van der Waals surface area contributed by atoms with Crippen molar-refractivity contribution < 1.29 is 4.39 Å². The Balaban J connectivity index is 0.000000132. The summed E-state index contributed by atoms with van der Waals surface area (Å²) in [4.78, 5) is 1.50. The Bertz CT molecular complexity index is 318. The largest absolute Gasteiger partial charge is 0.207 e. The highest BCUT2D eigenvalue weighted by Gasteiger charge is 1.77. The summed E-state index contributed by atoms with van der Waals surface area (Å²) in [6, 6.07) is 7.94. The Morgan fingerprint density at radius 1 is 1.08 bits per heavy atom. The van der Waals surface area contributed by atoms with E-state index in [9.17, 15) is 4.39 Å². The molecule has 1 aromatic carbocycles. The summed E-state index contributed by atoms with van der Waals surface area (Å²) >= 11 is 0.